The molecule has 0 unspecified atom stereocenters. The molecule has 9 N–H and O–H groups in total. The predicted molar refractivity (Wildman–Crippen MR) is 133 cm³/mol. The maximum Gasteiger partial charge on any atom is 0.336 e. The smallest absolute Gasteiger partial charge is 0.336 e. The summed E-state index contributed by atoms with van der Waals surface area (Å²) in [7, 11) is 0. The van der Waals surface area contributed by atoms with Gasteiger partial charge in [0.1, 0.15) is 23.7 Å². The number of rotatable bonds is 13. The molecule has 0 radical (unpaired) electrons. The molecule has 0 heterocycles. The lowest BCUT2D eigenvalue weighted by molar-refractivity contribution is -0.165. The van der Waals surface area contributed by atoms with Crippen molar-refractivity contribution < 1.29 is 28.7 Å². The maximum absolute atomic E-state index is 13.0. The maximum atomic E-state index is 13.0. The third-order valence-corrected chi connectivity index (χ3v) is 5.79. The summed E-state index contributed by atoms with van der Waals surface area (Å²) in [6.45, 7) is 6.67. The van der Waals surface area contributed by atoms with Gasteiger partial charge in [-0.05, 0) is 44.9 Å². The van der Waals surface area contributed by atoms with Crippen LogP contribution in [0.1, 0.15) is 72.6 Å². The van der Waals surface area contributed by atoms with Crippen LogP contribution in [0, 0.1) is 5.92 Å². The Morgan fingerprint density at radius 3 is 2.06 bits per heavy atom. The number of esters is 2. The molecule has 1 rings (SSSR count). The lowest BCUT2D eigenvalue weighted by atomic mass is 10.00. The normalized spacial score (nSPS) is 16.8. The van der Waals surface area contributed by atoms with E-state index < -0.39 is 47.4 Å². The standard InChI is InChI=1S/C23H41N7O6/c1-13(2)12-17(29-15(4)31)19(33)30-16(8-7-11-27-22(24)25)18(32)28-14(3)20(34)36-21(35)23(26)9-5-6-10-23/h13-14,16-17H,5-12,26H2,1-4H3,(H,28,32)(H,29,31)(H,30,33)(H4,24,25,27)/t14-,16-,17-/m0/s1. The fourth-order valence-electron chi connectivity index (χ4n) is 3.86. The number of ether oxygens (including phenoxy) is 1. The summed E-state index contributed by atoms with van der Waals surface area (Å²) in [5.41, 5.74) is 15.5. The average molecular weight is 512 g/mol. The number of aliphatic imine (C=N–C) groups is 1. The van der Waals surface area contributed by atoms with Crippen LogP contribution in [-0.2, 0) is 28.7 Å². The molecular formula is C23H41N7O6. The first-order valence-corrected chi connectivity index (χ1v) is 12.2. The molecule has 1 aliphatic carbocycles. The Morgan fingerprint density at radius 2 is 1.53 bits per heavy atom. The van der Waals surface area contributed by atoms with E-state index in [1.807, 2.05) is 13.8 Å². The molecule has 0 aromatic carbocycles. The number of guanidine groups is 1. The molecule has 204 valence electrons. The highest BCUT2D eigenvalue weighted by molar-refractivity contribution is 5.96. The summed E-state index contributed by atoms with van der Waals surface area (Å²) < 4.78 is 4.91. The minimum Gasteiger partial charge on any atom is -0.390 e. The lowest BCUT2D eigenvalue weighted by Gasteiger charge is -2.25. The Kier molecular flexibility index (Phi) is 12.3. The largest absolute Gasteiger partial charge is 0.390 e. The second kappa shape index (κ2) is 14.4. The molecule has 1 saturated carbocycles. The highest BCUT2D eigenvalue weighted by Crippen LogP contribution is 2.28. The van der Waals surface area contributed by atoms with Crippen molar-refractivity contribution in [3.05, 3.63) is 0 Å². The molecule has 13 heteroatoms. The summed E-state index contributed by atoms with van der Waals surface area (Å²) in [5, 5.41) is 7.69. The zero-order valence-electron chi connectivity index (χ0n) is 21.6. The highest BCUT2D eigenvalue weighted by atomic mass is 16.6. The van der Waals surface area contributed by atoms with Crippen molar-refractivity contribution >= 4 is 35.6 Å². The van der Waals surface area contributed by atoms with Crippen molar-refractivity contribution in [1.29, 1.82) is 0 Å². The first-order valence-electron chi connectivity index (χ1n) is 12.2. The molecule has 1 aliphatic rings. The highest BCUT2D eigenvalue weighted by Gasteiger charge is 2.40. The van der Waals surface area contributed by atoms with E-state index in [9.17, 15) is 24.0 Å². The summed E-state index contributed by atoms with van der Waals surface area (Å²) >= 11 is 0. The molecule has 1 fully saturated rings. The summed E-state index contributed by atoms with van der Waals surface area (Å²) in [6.07, 6.45) is 3.24. The van der Waals surface area contributed by atoms with E-state index >= 15 is 0 Å². The molecule has 0 bridgehead atoms. The average Bonchev–Trinajstić information content (AvgIpc) is 3.22. The van der Waals surface area contributed by atoms with E-state index in [0.717, 1.165) is 12.8 Å². The molecule has 0 aliphatic heterocycles. The number of carbonyl (C=O) groups is 5. The van der Waals surface area contributed by atoms with Crippen LogP contribution in [-0.4, -0.2) is 65.8 Å². The first kappa shape index (κ1) is 30.8. The zero-order chi connectivity index (χ0) is 27.5. The zero-order valence-corrected chi connectivity index (χ0v) is 21.6. The molecule has 0 spiro atoms. The SMILES string of the molecule is CC(=O)N[C@@H](CC(C)C)C(=O)N[C@@H](CCCN=C(N)N)C(=O)N[C@@H](C)C(=O)OC(=O)C1(N)CCCC1. The molecule has 0 aromatic rings. The van der Waals surface area contributed by atoms with Crippen LogP contribution in [0.15, 0.2) is 4.99 Å². The number of carbonyl (C=O) groups excluding carboxylic acids is 5. The molecule has 0 saturated heterocycles. The second-order valence-electron chi connectivity index (χ2n) is 9.69. The Hall–Kier alpha value is -3.22. The molecule has 13 nitrogen and oxygen atoms in total. The van der Waals surface area contributed by atoms with E-state index in [2.05, 4.69) is 20.9 Å². The number of amides is 3. The van der Waals surface area contributed by atoms with Gasteiger partial charge in [0.05, 0.1) is 0 Å². The number of nitrogens with one attached hydrogen (secondary N) is 3. The van der Waals surface area contributed by atoms with Crippen LogP contribution in [0.3, 0.4) is 0 Å². The van der Waals surface area contributed by atoms with Crippen molar-refractivity contribution in [3.8, 4) is 0 Å². The van der Waals surface area contributed by atoms with Gasteiger partial charge in [-0.1, -0.05) is 26.7 Å². The van der Waals surface area contributed by atoms with Gasteiger partial charge in [-0.3, -0.25) is 19.4 Å². The number of nitrogens with zero attached hydrogens (tertiary/aromatic N) is 1. The van der Waals surface area contributed by atoms with E-state index in [-0.39, 0.29) is 30.8 Å². The van der Waals surface area contributed by atoms with Gasteiger partial charge in [-0.25, -0.2) is 9.59 Å². The third-order valence-electron chi connectivity index (χ3n) is 5.79. The Labute approximate surface area is 211 Å². The van der Waals surface area contributed by atoms with Crippen molar-refractivity contribution in [3.63, 3.8) is 0 Å². The van der Waals surface area contributed by atoms with Crippen LogP contribution in [0.2, 0.25) is 0 Å². The van der Waals surface area contributed by atoms with Crippen LogP contribution in [0.25, 0.3) is 0 Å². The number of hydrogen-bond acceptors (Lipinski definition) is 8. The minimum atomic E-state index is -1.20. The van der Waals surface area contributed by atoms with Gasteiger partial charge in [0.15, 0.2) is 5.96 Å². The summed E-state index contributed by atoms with van der Waals surface area (Å²) in [4.78, 5) is 66.0. The summed E-state index contributed by atoms with van der Waals surface area (Å²) in [6, 6.07) is -3.08. The van der Waals surface area contributed by atoms with Gasteiger partial charge in [-0.2, -0.15) is 0 Å². The summed E-state index contributed by atoms with van der Waals surface area (Å²) in [5.74, 6) is -3.38. The van der Waals surface area contributed by atoms with Crippen LogP contribution < -0.4 is 33.2 Å². The fraction of sp³-hybridized carbons (Fsp3) is 0.739. The molecule has 36 heavy (non-hydrogen) atoms. The fourth-order valence-corrected chi connectivity index (χ4v) is 3.86. The predicted octanol–water partition coefficient (Wildman–Crippen LogP) is -1.08. The van der Waals surface area contributed by atoms with Crippen molar-refractivity contribution in [2.75, 3.05) is 6.54 Å². The van der Waals surface area contributed by atoms with Crippen LogP contribution in [0.5, 0.6) is 0 Å². The number of nitrogens with two attached hydrogens (primary N) is 3. The molecule has 3 atom stereocenters. The van der Waals surface area contributed by atoms with Crippen molar-refractivity contribution in [2.24, 2.45) is 28.1 Å². The number of hydrogen-bond donors (Lipinski definition) is 6. The molecule has 0 aromatic heterocycles. The third kappa shape index (κ3) is 10.6. The second-order valence-corrected chi connectivity index (χ2v) is 9.69. The van der Waals surface area contributed by atoms with E-state index in [1.54, 1.807) is 0 Å². The van der Waals surface area contributed by atoms with E-state index in [4.69, 9.17) is 21.9 Å². The van der Waals surface area contributed by atoms with Gasteiger partial charge in [-0.15, -0.1) is 0 Å². The Balaban J connectivity index is 2.87. The lowest BCUT2D eigenvalue weighted by Crippen LogP contribution is -2.56. The first-order chi connectivity index (χ1) is 16.7. The Morgan fingerprint density at radius 1 is 0.944 bits per heavy atom. The van der Waals surface area contributed by atoms with Gasteiger partial charge in [0.25, 0.3) is 0 Å². The van der Waals surface area contributed by atoms with Gasteiger partial charge < -0.3 is 37.9 Å². The van der Waals surface area contributed by atoms with Crippen molar-refractivity contribution in [2.45, 2.75) is 96.3 Å². The van der Waals surface area contributed by atoms with Gasteiger partial charge in [0.2, 0.25) is 17.7 Å². The van der Waals surface area contributed by atoms with Crippen molar-refractivity contribution in [1.82, 2.24) is 16.0 Å². The topological polar surface area (TPSA) is 221 Å². The van der Waals surface area contributed by atoms with Crippen LogP contribution in [0.4, 0.5) is 0 Å². The van der Waals surface area contributed by atoms with E-state index in [1.165, 1.54) is 13.8 Å². The van der Waals surface area contributed by atoms with E-state index in [0.29, 0.717) is 25.7 Å². The minimum absolute atomic E-state index is 0.0970. The molecular weight excluding hydrogens is 470 g/mol. The van der Waals surface area contributed by atoms with Crippen LogP contribution >= 0.6 is 0 Å². The molecule has 3 amide bonds. The quantitative estimate of drug-likeness (QED) is 0.0581. The van der Waals surface area contributed by atoms with Gasteiger partial charge >= 0.3 is 11.9 Å². The Bertz CT molecular complexity index is 835. The monoisotopic (exact) mass is 511 g/mol. The van der Waals surface area contributed by atoms with Gasteiger partial charge in [0, 0.05) is 13.5 Å².